The summed E-state index contributed by atoms with van der Waals surface area (Å²) in [5.74, 6) is 0.790. The molecule has 1 saturated heterocycles. The summed E-state index contributed by atoms with van der Waals surface area (Å²) in [4.78, 5) is 21.9. The molecular formula is C27H37N5O. The Morgan fingerprint density at radius 2 is 1.64 bits per heavy atom. The average molecular weight is 448 g/mol. The summed E-state index contributed by atoms with van der Waals surface area (Å²) in [6.07, 6.45) is 4.93. The summed E-state index contributed by atoms with van der Waals surface area (Å²) >= 11 is 0. The van der Waals surface area contributed by atoms with Crippen molar-refractivity contribution in [3.8, 4) is 0 Å². The second-order valence-electron chi connectivity index (χ2n) is 9.04. The number of likely N-dealkylation sites (tertiary alicyclic amines) is 1. The molecular weight excluding hydrogens is 410 g/mol. The van der Waals surface area contributed by atoms with Gasteiger partial charge in [0.1, 0.15) is 0 Å². The van der Waals surface area contributed by atoms with E-state index < -0.39 is 0 Å². The first-order valence-corrected chi connectivity index (χ1v) is 12.4. The Labute approximate surface area is 198 Å². The van der Waals surface area contributed by atoms with Crippen LogP contribution in [-0.2, 0) is 30.8 Å². The minimum atomic E-state index is 0.108. The fraction of sp³-hybridized carbons (Fsp3) is 0.481. The number of aliphatic imine (C=N–C) groups is 1. The highest BCUT2D eigenvalue weighted by Crippen LogP contribution is 2.18. The normalized spacial score (nSPS) is 16.9. The van der Waals surface area contributed by atoms with Crippen LogP contribution in [0.15, 0.2) is 53.5 Å². The highest BCUT2D eigenvalue weighted by atomic mass is 16.2. The number of nitrogens with zero attached hydrogens (tertiary/aromatic N) is 3. The molecule has 6 heteroatoms. The van der Waals surface area contributed by atoms with Crippen molar-refractivity contribution in [2.45, 2.75) is 52.2 Å². The molecule has 1 amide bonds. The predicted molar refractivity (Wildman–Crippen MR) is 134 cm³/mol. The maximum Gasteiger partial charge on any atom is 0.242 e. The summed E-state index contributed by atoms with van der Waals surface area (Å²) < 4.78 is 0. The molecule has 176 valence electrons. The second kappa shape index (κ2) is 11.8. The minimum Gasteiger partial charge on any atom is -0.357 e. The Balaban J connectivity index is 1.27. The van der Waals surface area contributed by atoms with Gasteiger partial charge in [0, 0.05) is 26.2 Å². The molecule has 2 N–H and O–H groups in total. The Bertz CT molecular complexity index is 934. The van der Waals surface area contributed by atoms with Crippen LogP contribution >= 0.6 is 0 Å². The summed E-state index contributed by atoms with van der Waals surface area (Å²) in [5, 5.41) is 6.47. The maximum absolute atomic E-state index is 12.8. The molecule has 0 unspecified atom stereocenters. The van der Waals surface area contributed by atoms with E-state index >= 15 is 0 Å². The maximum atomic E-state index is 12.8. The molecule has 2 aromatic carbocycles. The summed E-state index contributed by atoms with van der Waals surface area (Å²) in [5.41, 5.74) is 5.14. The number of hydrogen-bond acceptors (Lipinski definition) is 3. The van der Waals surface area contributed by atoms with E-state index in [0.717, 1.165) is 26.1 Å². The summed E-state index contributed by atoms with van der Waals surface area (Å²) in [7, 11) is 0. The van der Waals surface area contributed by atoms with E-state index in [1.165, 1.54) is 54.6 Å². The first-order valence-electron chi connectivity index (χ1n) is 12.4. The van der Waals surface area contributed by atoms with Crippen LogP contribution in [0.3, 0.4) is 0 Å². The number of carbonyl (C=O) groups is 1. The molecule has 0 radical (unpaired) electrons. The van der Waals surface area contributed by atoms with Crippen LogP contribution in [0.25, 0.3) is 0 Å². The first kappa shape index (κ1) is 23.3. The van der Waals surface area contributed by atoms with Gasteiger partial charge in [-0.25, -0.2) is 4.99 Å². The number of amides is 1. The van der Waals surface area contributed by atoms with Gasteiger partial charge in [-0.3, -0.25) is 9.69 Å². The quantitative estimate of drug-likeness (QED) is 0.505. The zero-order chi connectivity index (χ0) is 22.9. The highest BCUT2D eigenvalue weighted by molar-refractivity contribution is 5.86. The Kier molecular flexibility index (Phi) is 8.36. The molecule has 0 bridgehead atoms. The molecule has 0 saturated carbocycles. The van der Waals surface area contributed by atoms with Crippen molar-refractivity contribution < 1.29 is 4.79 Å². The van der Waals surface area contributed by atoms with Crippen LogP contribution in [0.4, 0.5) is 0 Å². The number of fused-ring (bicyclic) bond motifs is 1. The molecule has 0 aromatic heterocycles. The van der Waals surface area contributed by atoms with Crippen LogP contribution < -0.4 is 10.6 Å². The number of piperidine rings is 1. The molecule has 2 aliphatic heterocycles. The molecule has 0 atom stereocenters. The smallest absolute Gasteiger partial charge is 0.242 e. The zero-order valence-corrected chi connectivity index (χ0v) is 19.9. The van der Waals surface area contributed by atoms with Gasteiger partial charge in [-0.05, 0) is 61.5 Å². The molecule has 0 aliphatic carbocycles. The van der Waals surface area contributed by atoms with Gasteiger partial charge in [-0.1, -0.05) is 55.0 Å². The number of guanidine groups is 1. The third kappa shape index (κ3) is 6.81. The lowest BCUT2D eigenvalue weighted by atomic mass is 10.00. The van der Waals surface area contributed by atoms with Gasteiger partial charge < -0.3 is 15.5 Å². The number of nitrogens with one attached hydrogen (secondary N) is 2. The van der Waals surface area contributed by atoms with Crippen LogP contribution in [0.2, 0.25) is 0 Å². The lowest BCUT2D eigenvalue weighted by molar-refractivity contribution is -0.130. The van der Waals surface area contributed by atoms with Gasteiger partial charge in [0.2, 0.25) is 5.91 Å². The number of benzene rings is 2. The fourth-order valence-corrected chi connectivity index (χ4v) is 4.62. The van der Waals surface area contributed by atoms with Gasteiger partial charge in [0.25, 0.3) is 0 Å². The van der Waals surface area contributed by atoms with Crippen LogP contribution in [0.5, 0.6) is 0 Å². The first-order chi connectivity index (χ1) is 16.2. The van der Waals surface area contributed by atoms with Crippen molar-refractivity contribution in [1.82, 2.24) is 20.4 Å². The average Bonchev–Trinajstić information content (AvgIpc) is 2.86. The van der Waals surface area contributed by atoms with Crippen LogP contribution in [0.1, 0.15) is 48.4 Å². The van der Waals surface area contributed by atoms with E-state index in [1.807, 2.05) is 17.9 Å². The van der Waals surface area contributed by atoms with E-state index in [-0.39, 0.29) is 12.5 Å². The van der Waals surface area contributed by atoms with Gasteiger partial charge >= 0.3 is 0 Å². The van der Waals surface area contributed by atoms with Crippen LogP contribution in [0, 0.1) is 0 Å². The fourth-order valence-electron chi connectivity index (χ4n) is 4.62. The van der Waals surface area contributed by atoms with Crippen molar-refractivity contribution >= 4 is 11.9 Å². The largest absolute Gasteiger partial charge is 0.357 e. The zero-order valence-electron chi connectivity index (χ0n) is 19.9. The van der Waals surface area contributed by atoms with E-state index in [0.29, 0.717) is 19.0 Å². The Morgan fingerprint density at radius 3 is 2.39 bits per heavy atom. The van der Waals surface area contributed by atoms with E-state index in [2.05, 4.69) is 58.0 Å². The summed E-state index contributed by atoms with van der Waals surface area (Å²) in [6, 6.07) is 17.2. The topological polar surface area (TPSA) is 60.0 Å². The van der Waals surface area contributed by atoms with E-state index in [9.17, 15) is 4.79 Å². The van der Waals surface area contributed by atoms with E-state index in [1.54, 1.807) is 0 Å². The van der Waals surface area contributed by atoms with Crippen molar-refractivity contribution in [3.05, 3.63) is 70.8 Å². The monoisotopic (exact) mass is 447 g/mol. The number of rotatable bonds is 7. The molecule has 33 heavy (non-hydrogen) atoms. The Morgan fingerprint density at radius 1 is 0.909 bits per heavy atom. The minimum absolute atomic E-state index is 0.108. The molecule has 0 spiro atoms. The van der Waals surface area contributed by atoms with Crippen molar-refractivity contribution in [2.24, 2.45) is 4.99 Å². The molecule has 2 aliphatic rings. The number of hydrogen-bond donors (Lipinski definition) is 2. The van der Waals surface area contributed by atoms with Gasteiger partial charge in [-0.15, -0.1) is 0 Å². The third-order valence-corrected chi connectivity index (χ3v) is 6.53. The standard InChI is InChI=1S/C27H37N5O/c1-2-28-27(30-19-26(33)32-17-14-24-8-4-5-9-25(24)21-32)29-18-22-10-12-23(13-11-22)20-31-15-6-3-7-16-31/h4-5,8-13H,2-3,6-7,14-21H2,1H3,(H2,28,29,30). The number of carbonyl (C=O) groups excluding carboxylic acids is 1. The lowest BCUT2D eigenvalue weighted by Gasteiger charge is -2.29. The summed E-state index contributed by atoms with van der Waals surface area (Å²) in [6.45, 7) is 8.56. The van der Waals surface area contributed by atoms with Gasteiger partial charge in [0.15, 0.2) is 5.96 Å². The molecule has 2 aromatic rings. The van der Waals surface area contributed by atoms with Crippen molar-refractivity contribution in [3.63, 3.8) is 0 Å². The van der Waals surface area contributed by atoms with Crippen LogP contribution in [-0.4, -0.2) is 54.4 Å². The molecule has 2 heterocycles. The third-order valence-electron chi connectivity index (χ3n) is 6.53. The van der Waals surface area contributed by atoms with Crippen molar-refractivity contribution in [2.75, 3.05) is 32.7 Å². The lowest BCUT2D eigenvalue weighted by Crippen LogP contribution is -2.45. The highest BCUT2D eigenvalue weighted by Gasteiger charge is 2.20. The predicted octanol–water partition coefficient (Wildman–Crippen LogP) is 3.31. The molecule has 1 fully saturated rings. The van der Waals surface area contributed by atoms with Gasteiger partial charge in [-0.2, -0.15) is 0 Å². The van der Waals surface area contributed by atoms with Crippen molar-refractivity contribution in [1.29, 1.82) is 0 Å². The molecule has 6 nitrogen and oxygen atoms in total. The SMILES string of the molecule is CCNC(=NCc1ccc(CN2CCCCC2)cc1)NCC(=O)N1CCc2ccccc2C1. The Hall–Kier alpha value is -2.86. The second-order valence-corrected chi connectivity index (χ2v) is 9.04. The van der Waals surface area contributed by atoms with Gasteiger partial charge in [0.05, 0.1) is 13.1 Å². The molecule has 4 rings (SSSR count). The van der Waals surface area contributed by atoms with E-state index in [4.69, 9.17) is 4.99 Å².